The first-order chi connectivity index (χ1) is 11.6. The normalized spacial score (nSPS) is 11.6. The monoisotopic (exact) mass is 360 g/mol. The quantitative estimate of drug-likeness (QED) is 0.890. The largest absolute Gasteiger partial charge is 0.325 e. The number of nitrogens with zero attached hydrogens (tertiary/aromatic N) is 1. The van der Waals surface area contributed by atoms with Gasteiger partial charge in [0.25, 0.3) is 0 Å². The first kappa shape index (κ1) is 19.1. The molecule has 1 amide bonds. The van der Waals surface area contributed by atoms with E-state index in [4.69, 9.17) is 0 Å². The molecule has 0 spiro atoms. The Labute approximate surface area is 149 Å². The SMILES string of the molecule is Cc1ccc(NC(=O)CN(C)S(=O)(=O)c2ccc(C)c(C)c2)c(C)c1. The van der Waals surface area contributed by atoms with Crippen molar-refractivity contribution in [2.24, 2.45) is 0 Å². The van der Waals surface area contributed by atoms with Crippen molar-refractivity contribution in [1.29, 1.82) is 0 Å². The van der Waals surface area contributed by atoms with Crippen LogP contribution in [0.1, 0.15) is 22.3 Å². The maximum atomic E-state index is 12.6. The predicted molar refractivity (Wildman–Crippen MR) is 100 cm³/mol. The molecule has 0 heterocycles. The summed E-state index contributed by atoms with van der Waals surface area (Å²) in [4.78, 5) is 12.4. The van der Waals surface area contributed by atoms with Crippen LogP contribution in [-0.4, -0.2) is 32.2 Å². The van der Waals surface area contributed by atoms with Crippen LogP contribution < -0.4 is 5.32 Å². The molecule has 6 heteroatoms. The summed E-state index contributed by atoms with van der Waals surface area (Å²) < 4.78 is 26.3. The number of hydrogen-bond acceptors (Lipinski definition) is 3. The number of carbonyl (C=O) groups is 1. The van der Waals surface area contributed by atoms with Crippen LogP contribution in [0.25, 0.3) is 0 Å². The van der Waals surface area contributed by atoms with E-state index < -0.39 is 10.0 Å². The third-order valence-corrected chi connectivity index (χ3v) is 6.01. The molecule has 0 atom stereocenters. The Kier molecular flexibility index (Phi) is 5.65. The van der Waals surface area contributed by atoms with Gasteiger partial charge in [0.05, 0.1) is 11.4 Å². The van der Waals surface area contributed by atoms with E-state index in [-0.39, 0.29) is 17.3 Å². The fraction of sp³-hybridized carbons (Fsp3) is 0.316. The van der Waals surface area contributed by atoms with Crippen LogP contribution in [0.5, 0.6) is 0 Å². The molecule has 2 aromatic rings. The first-order valence-corrected chi connectivity index (χ1v) is 9.46. The topological polar surface area (TPSA) is 66.5 Å². The number of rotatable bonds is 5. The van der Waals surface area contributed by atoms with E-state index in [0.717, 1.165) is 26.6 Å². The molecule has 0 aromatic heterocycles. The maximum Gasteiger partial charge on any atom is 0.243 e. The number of anilines is 1. The minimum atomic E-state index is -3.71. The highest BCUT2D eigenvalue weighted by molar-refractivity contribution is 7.89. The van der Waals surface area contributed by atoms with E-state index in [1.54, 1.807) is 18.2 Å². The zero-order chi connectivity index (χ0) is 18.8. The molecule has 0 aliphatic heterocycles. The zero-order valence-electron chi connectivity index (χ0n) is 15.3. The van der Waals surface area contributed by atoms with Crippen molar-refractivity contribution in [2.45, 2.75) is 32.6 Å². The molecule has 25 heavy (non-hydrogen) atoms. The highest BCUT2D eigenvalue weighted by atomic mass is 32.2. The standard InChI is InChI=1S/C19H24N2O3S/c1-13-6-9-18(16(4)10-13)20-19(22)12-21(5)25(23,24)17-8-7-14(2)15(3)11-17/h6-11H,12H2,1-5H3,(H,20,22). The number of nitrogens with one attached hydrogen (secondary N) is 1. The van der Waals surface area contributed by atoms with Crippen LogP contribution >= 0.6 is 0 Å². The first-order valence-electron chi connectivity index (χ1n) is 8.02. The van der Waals surface area contributed by atoms with E-state index in [9.17, 15) is 13.2 Å². The predicted octanol–water partition coefficient (Wildman–Crippen LogP) is 3.18. The molecule has 0 saturated carbocycles. The van der Waals surface area contributed by atoms with E-state index in [2.05, 4.69) is 5.32 Å². The minimum absolute atomic E-state index is 0.192. The minimum Gasteiger partial charge on any atom is -0.325 e. The maximum absolute atomic E-state index is 12.6. The second-order valence-electron chi connectivity index (χ2n) is 6.37. The molecular weight excluding hydrogens is 336 g/mol. The average Bonchev–Trinajstić information content (AvgIpc) is 2.52. The molecular formula is C19H24N2O3S. The Morgan fingerprint density at radius 1 is 0.960 bits per heavy atom. The number of sulfonamides is 1. The van der Waals surface area contributed by atoms with Crippen molar-refractivity contribution in [3.05, 3.63) is 58.7 Å². The molecule has 0 bridgehead atoms. The van der Waals surface area contributed by atoms with E-state index in [1.807, 2.05) is 45.9 Å². The van der Waals surface area contributed by atoms with Crippen molar-refractivity contribution in [3.63, 3.8) is 0 Å². The van der Waals surface area contributed by atoms with Crippen molar-refractivity contribution >= 4 is 21.6 Å². The molecule has 0 radical (unpaired) electrons. The van der Waals surface area contributed by atoms with Crippen molar-refractivity contribution < 1.29 is 13.2 Å². The van der Waals surface area contributed by atoms with E-state index in [1.165, 1.54) is 7.05 Å². The highest BCUT2D eigenvalue weighted by Gasteiger charge is 2.23. The van der Waals surface area contributed by atoms with Crippen LogP contribution in [0.2, 0.25) is 0 Å². The van der Waals surface area contributed by atoms with E-state index >= 15 is 0 Å². The van der Waals surface area contributed by atoms with Gasteiger partial charge in [0.1, 0.15) is 0 Å². The molecule has 0 aliphatic carbocycles. The van der Waals surface area contributed by atoms with Crippen LogP contribution in [0.4, 0.5) is 5.69 Å². The molecule has 134 valence electrons. The van der Waals surface area contributed by atoms with Crippen LogP contribution in [0.3, 0.4) is 0 Å². The fourth-order valence-electron chi connectivity index (χ4n) is 2.49. The van der Waals surface area contributed by atoms with Gasteiger partial charge >= 0.3 is 0 Å². The van der Waals surface area contributed by atoms with Gasteiger partial charge in [0.2, 0.25) is 15.9 Å². The van der Waals surface area contributed by atoms with Crippen LogP contribution in [0, 0.1) is 27.7 Å². The molecule has 1 N–H and O–H groups in total. The third kappa shape index (κ3) is 4.46. The lowest BCUT2D eigenvalue weighted by Gasteiger charge is -2.18. The lowest BCUT2D eigenvalue weighted by atomic mass is 10.1. The number of likely N-dealkylation sites (N-methyl/N-ethyl adjacent to an activating group) is 1. The van der Waals surface area contributed by atoms with Crippen LogP contribution in [-0.2, 0) is 14.8 Å². The number of amides is 1. The van der Waals surface area contributed by atoms with Gasteiger partial charge in [0.15, 0.2) is 0 Å². The molecule has 0 unspecified atom stereocenters. The molecule has 2 rings (SSSR count). The Hall–Kier alpha value is -2.18. The summed E-state index contributed by atoms with van der Waals surface area (Å²) in [5, 5.41) is 2.77. The summed E-state index contributed by atoms with van der Waals surface area (Å²) in [6.07, 6.45) is 0. The smallest absolute Gasteiger partial charge is 0.243 e. The molecule has 0 aliphatic rings. The Bertz CT molecular complexity index is 905. The molecule has 2 aromatic carbocycles. The van der Waals surface area contributed by atoms with Gasteiger partial charge in [-0.15, -0.1) is 0 Å². The van der Waals surface area contributed by atoms with Gasteiger partial charge in [0, 0.05) is 12.7 Å². The van der Waals surface area contributed by atoms with E-state index in [0.29, 0.717) is 5.69 Å². The average molecular weight is 360 g/mol. The van der Waals surface area contributed by atoms with Gasteiger partial charge in [-0.25, -0.2) is 8.42 Å². The van der Waals surface area contributed by atoms with Crippen molar-refractivity contribution in [2.75, 3.05) is 18.9 Å². The van der Waals surface area contributed by atoms with Gasteiger partial charge in [-0.3, -0.25) is 4.79 Å². The Balaban J connectivity index is 2.13. The summed E-state index contributed by atoms with van der Waals surface area (Å²) in [5.74, 6) is -0.373. The van der Waals surface area contributed by atoms with Gasteiger partial charge in [-0.2, -0.15) is 4.31 Å². The fourth-order valence-corrected chi connectivity index (χ4v) is 3.70. The number of benzene rings is 2. The Morgan fingerprint density at radius 2 is 1.64 bits per heavy atom. The molecule has 0 saturated heterocycles. The van der Waals surface area contributed by atoms with Gasteiger partial charge in [-0.1, -0.05) is 23.8 Å². The molecule has 5 nitrogen and oxygen atoms in total. The summed E-state index contributed by atoms with van der Waals surface area (Å²) >= 11 is 0. The van der Waals surface area contributed by atoms with Gasteiger partial charge < -0.3 is 5.32 Å². The summed E-state index contributed by atoms with van der Waals surface area (Å²) in [6.45, 7) is 7.41. The summed E-state index contributed by atoms with van der Waals surface area (Å²) in [5.41, 5.74) is 4.65. The second-order valence-corrected chi connectivity index (χ2v) is 8.42. The number of carbonyl (C=O) groups excluding carboxylic acids is 1. The van der Waals surface area contributed by atoms with Crippen molar-refractivity contribution in [1.82, 2.24) is 4.31 Å². The second kappa shape index (κ2) is 7.37. The highest BCUT2D eigenvalue weighted by Crippen LogP contribution is 2.19. The number of hydrogen-bond donors (Lipinski definition) is 1. The molecule has 0 fully saturated rings. The Morgan fingerprint density at radius 3 is 2.24 bits per heavy atom. The number of aryl methyl sites for hydroxylation is 4. The lowest BCUT2D eigenvalue weighted by Crippen LogP contribution is -2.35. The van der Waals surface area contributed by atoms with Crippen LogP contribution in [0.15, 0.2) is 41.3 Å². The third-order valence-electron chi connectivity index (χ3n) is 4.21. The summed E-state index contributed by atoms with van der Waals surface area (Å²) in [7, 11) is -2.30. The van der Waals surface area contributed by atoms with Crippen molar-refractivity contribution in [3.8, 4) is 0 Å². The lowest BCUT2D eigenvalue weighted by molar-refractivity contribution is -0.116. The van der Waals surface area contributed by atoms with Gasteiger partial charge in [-0.05, 0) is 62.6 Å². The summed E-state index contributed by atoms with van der Waals surface area (Å²) in [6, 6.07) is 10.6. The zero-order valence-corrected chi connectivity index (χ0v) is 16.1.